The highest BCUT2D eigenvalue weighted by Crippen LogP contribution is 2.13. The van der Waals surface area contributed by atoms with Crippen LogP contribution in [0.2, 0.25) is 0 Å². The molecule has 2 rings (SSSR count). The average Bonchev–Trinajstić information content (AvgIpc) is 2.90. The molecule has 1 N–H and O–H groups in total. The smallest absolute Gasteiger partial charge is 0.338 e. The van der Waals surface area contributed by atoms with Crippen molar-refractivity contribution in [1.29, 1.82) is 0 Å². The van der Waals surface area contributed by atoms with Crippen molar-refractivity contribution in [2.24, 2.45) is 0 Å². The fourth-order valence-corrected chi connectivity index (χ4v) is 1.57. The summed E-state index contributed by atoms with van der Waals surface area (Å²) < 4.78 is 9.93. The normalized spacial score (nSPS) is 10.1. The van der Waals surface area contributed by atoms with Gasteiger partial charge in [-0.25, -0.2) is 4.79 Å². The van der Waals surface area contributed by atoms with Gasteiger partial charge in [0.25, 0.3) is 0 Å². The van der Waals surface area contributed by atoms with E-state index in [1.165, 1.54) is 0 Å². The predicted octanol–water partition coefficient (Wildman–Crippen LogP) is 3.07. The minimum absolute atomic E-state index is 0.301. The number of hydrogen-bond acceptors (Lipinski definition) is 4. The molecule has 0 radical (unpaired) electrons. The number of hydrogen-bond donors (Lipinski definition) is 1. The molecule has 0 saturated carbocycles. The summed E-state index contributed by atoms with van der Waals surface area (Å²) in [6, 6.07) is 9.13. The molecule has 18 heavy (non-hydrogen) atoms. The van der Waals surface area contributed by atoms with E-state index in [4.69, 9.17) is 9.15 Å². The minimum Gasteiger partial charge on any atom is -0.472 e. The van der Waals surface area contributed by atoms with Crippen molar-refractivity contribution < 1.29 is 13.9 Å². The monoisotopic (exact) mass is 245 g/mol. The highest BCUT2D eigenvalue weighted by Gasteiger charge is 2.06. The first-order valence-corrected chi connectivity index (χ1v) is 5.81. The number of ether oxygens (including phenoxy) is 1. The lowest BCUT2D eigenvalue weighted by Crippen LogP contribution is -2.05. The Hall–Kier alpha value is -2.23. The SMILES string of the molecule is CCOC(=O)c1cccc(NCc2ccoc2)c1. The summed E-state index contributed by atoms with van der Waals surface area (Å²) in [4.78, 5) is 11.6. The lowest BCUT2D eigenvalue weighted by molar-refractivity contribution is 0.0526. The number of carbonyl (C=O) groups is 1. The van der Waals surface area contributed by atoms with Crippen LogP contribution in [0.25, 0.3) is 0 Å². The number of esters is 1. The van der Waals surface area contributed by atoms with Crippen molar-refractivity contribution >= 4 is 11.7 Å². The van der Waals surface area contributed by atoms with Gasteiger partial charge in [0, 0.05) is 17.8 Å². The predicted molar refractivity (Wildman–Crippen MR) is 68.4 cm³/mol. The zero-order chi connectivity index (χ0) is 12.8. The van der Waals surface area contributed by atoms with E-state index in [2.05, 4.69) is 5.32 Å². The molecular formula is C14H15NO3. The minimum atomic E-state index is -0.301. The van der Waals surface area contributed by atoms with E-state index in [0.29, 0.717) is 18.7 Å². The van der Waals surface area contributed by atoms with Crippen molar-refractivity contribution in [1.82, 2.24) is 0 Å². The van der Waals surface area contributed by atoms with Gasteiger partial charge in [-0.3, -0.25) is 0 Å². The van der Waals surface area contributed by atoms with Crippen LogP contribution in [0.15, 0.2) is 47.3 Å². The second-order valence-corrected chi connectivity index (χ2v) is 3.79. The fraction of sp³-hybridized carbons (Fsp3) is 0.214. The number of benzene rings is 1. The van der Waals surface area contributed by atoms with Gasteiger partial charge in [-0.2, -0.15) is 0 Å². The summed E-state index contributed by atoms with van der Waals surface area (Å²) >= 11 is 0. The molecule has 1 aromatic heterocycles. The van der Waals surface area contributed by atoms with E-state index in [1.807, 2.05) is 18.2 Å². The number of furan rings is 1. The standard InChI is InChI=1S/C14H15NO3/c1-2-18-14(16)12-4-3-5-13(8-12)15-9-11-6-7-17-10-11/h3-8,10,15H,2,9H2,1H3. The topological polar surface area (TPSA) is 51.5 Å². The van der Waals surface area contributed by atoms with E-state index in [9.17, 15) is 4.79 Å². The highest BCUT2D eigenvalue weighted by molar-refractivity contribution is 5.90. The lowest BCUT2D eigenvalue weighted by Gasteiger charge is -2.07. The zero-order valence-electron chi connectivity index (χ0n) is 10.2. The average molecular weight is 245 g/mol. The third kappa shape index (κ3) is 3.13. The molecule has 4 nitrogen and oxygen atoms in total. The summed E-state index contributed by atoms with van der Waals surface area (Å²) in [6.45, 7) is 2.83. The Labute approximate surface area is 106 Å². The molecule has 1 aromatic carbocycles. The second kappa shape index (κ2) is 5.91. The third-order valence-corrected chi connectivity index (χ3v) is 2.45. The highest BCUT2D eigenvalue weighted by atomic mass is 16.5. The number of rotatable bonds is 5. The molecule has 0 unspecified atom stereocenters. The first-order chi connectivity index (χ1) is 8.79. The fourth-order valence-electron chi connectivity index (χ4n) is 1.57. The molecular weight excluding hydrogens is 230 g/mol. The molecule has 0 amide bonds. The van der Waals surface area contributed by atoms with Gasteiger partial charge in [0.2, 0.25) is 0 Å². The van der Waals surface area contributed by atoms with Crippen LogP contribution in [0.3, 0.4) is 0 Å². The van der Waals surface area contributed by atoms with Gasteiger partial charge in [0.05, 0.1) is 24.7 Å². The maximum absolute atomic E-state index is 11.6. The van der Waals surface area contributed by atoms with Crippen molar-refractivity contribution in [3.63, 3.8) is 0 Å². The molecule has 0 saturated heterocycles. The Kier molecular flexibility index (Phi) is 4.02. The Morgan fingerprint density at radius 2 is 2.28 bits per heavy atom. The Morgan fingerprint density at radius 3 is 3.00 bits per heavy atom. The van der Waals surface area contributed by atoms with Crippen LogP contribution in [0, 0.1) is 0 Å². The van der Waals surface area contributed by atoms with Gasteiger partial charge in [-0.15, -0.1) is 0 Å². The maximum Gasteiger partial charge on any atom is 0.338 e. The van der Waals surface area contributed by atoms with E-state index in [1.54, 1.807) is 31.6 Å². The second-order valence-electron chi connectivity index (χ2n) is 3.79. The van der Waals surface area contributed by atoms with Crippen molar-refractivity contribution in [2.45, 2.75) is 13.5 Å². The summed E-state index contributed by atoms with van der Waals surface area (Å²) in [5.41, 5.74) is 2.48. The van der Waals surface area contributed by atoms with Crippen LogP contribution in [-0.4, -0.2) is 12.6 Å². The van der Waals surface area contributed by atoms with Crippen LogP contribution in [0.1, 0.15) is 22.8 Å². The summed E-state index contributed by atoms with van der Waals surface area (Å²) in [7, 11) is 0. The number of carbonyl (C=O) groups excluding carboxylic acids is 1. The van der Waals surface area contributed by atoms with Gasteiger partial charge in [-0.05, 0) is 31.2 Å². The molecule has 0 spiro atoms. The Bertz CT molecular complexity index is 506. The third-order valence-electron chi connectivity index (χ3n) is 2.45. The van der Waals surface area contributed by atoms with E-state index in [-0.39, 0.29) is 5.97 Å². The maximum atomic E-state index is 11.6. The van der Waals surface area contributed by atoms with Gasteiger partial charge >= 0.3 is 5.97 Å². The van der Waals surface area contributed by atoms with Crippen LogP contribution < -0.4 is 5.32 Å². The van der Waals surface area contributed by atoms with E-state index < -0.39 is 0 Å². The van der Waals surface area contributed by atoms with Crippen molar-refractivity contribution in [2.75, 3.05) is 11.9 Å². The first-order valence-electron chi connectivity index (χ1n) is 5.81. The lowest BCUT2D eigenvalue weighted by atomic mass is 10.2. The van der Waals surface area contributed by atoms with Gasteiger partial charge in [0.15, 0.2) is 0 Å². The summed E-state index contributed by atoms with van der Waals surface area (Å²) in [6.07, 6.45) is 3.31. The molecule has 4 heteroatoms. The Morgan fingerprint density at radius 1 is 1.39 bits per heavy atom. The van der Waals surface area contributed by atoms with Crippen LogP contribution in [0.4, 0.5) is 5.69 Å². The number of nitrogens with one attached hydrogen (secondary N) is 1. The van der Waals surface area contributed by atoms with Crippen molar-refractivity contribution in [3.8, 4) is 0 Å². The molecule has 0 fully saturated rings. The van der Waals surface area contributed by atoms with E-state index >= 15 is 0 Å². The van der Waals surface area contributed by atoms with Gasteiger partial charge in [0.1, 0.15) is 0 Å². The van der Waals surface area contributed by atoms with Crippen LogP contribution >= 0.6 is 0 Å². The molecule has 0 aliphatic heterocycles. The van der Waals surface area contributed by atoms with Gasteiger partial charge < -0.3 is 14.5 Å². The quantitative estimate of drug-likeness (QED) is 0.822. The molecule has 0 aliphatic carbocycles. The molecule has 0 atom stereocenters. The number of anilines is 1. The molecule has 0 aliphatic rings. The Balaban J connectivity index is 2.01. The largest absolute Gasteiger partial charge is 0.472 e. The van der Waals surface area contributed by atoms with Crippen LogP contribution in [-0.2, 0) is 11.3 Å². The molecule has 0 bridgehead atoms. The summed E-state index contributed by atoms with van der Waals surface area (Å²) in [5, 5.41) is 3.22. The molecule has 94 valence electrons. The van der Waals surface area contributed by atoms with Gasteiger partial charge in [-0.1, -0.05) is 6.07 Å². The molecule has 2 aromatic rings. The van der Waals surface area contributed by atoms with Crippen molar-refractivity contribution in [3.05, 3.63) is 54.0 Å². The van der Waals surface area contributed by atoms with Crippen LogP contribution in [0.5, 0.6) is 0 Å². The zero-order valence-corrected chi connectivity index (χ0v) is 10.2. The van der Waals surface area contributed by atoms with E-state index in [0.717, 1.165) is 11.3 Å². The first kappa shape index (κ1) is 12.2. The molecule has 1 heterocycles. The summed E-state index contributed by atoms with van der Waals surface area (Å²) in [5.74, 6) is -0.301.